The molecule has 28 heavy (non-hydrogen) atoms. The Morgan fingerprint density at radius 2 is 1.46 bits per heavy atom. The summed E-state index contributed by atoms with van der Waals surface area (Å²) in [6.07, 6.45) is 5.43. The average molecular weight is 375 g/mol. The summed E-state index contributed by atoms with van der Waals surface area (Å²) in [5.41, 5.74) is 2.63. The highest BCUT2D eigenvalue weighted by molar-refractivity contribution is 5.63. The highest BCUT2D eigenvalue weighted by Gasteiger charge is 2.10. The van der Waals surface area contributed by atoms with Crippen LogP contribution in [0, 0.1) is 0 Å². The Labute approximate surface area is 162 Å². The number of fused-ring (bicyclic) bond motifs is 1. The van der Waals surface area contributed by atoms with E-state index in [0.717, 1.165) is 28.4 Å². The Morgan fingerprint density at radius 1 is 0.857 bits per heavy atom. The molecule has 2 heterocycles. The van der Waals surface area contributed by atoms with Gasteiger partial charge in [0.2, 0.25) is 5.65 Å². The minimum absolute atomic E-state index is 0.177. The van der Waals surface area contributed by atoms with E-state index in [4.69, 9.17) is 9.47 Å². The molecular formula is C22H21N3O3. The molecule has 0 aliphatic carbocycles. The van der Waals surface area contributed by atoms with E-state index < -0.39 is 0 Å². The van der Waals surface area contributed by atoms with Gasteiger partial charge in [-0.25, -0.2) is 4.98 Å². The summed E-state index contributed by atoms with van der Waals surface area (Å²) >= 11 is 0. The normalized spacial score (nSPS) is 10.9. The van der Waals surface area contributed by atoms with Crippen LogP contribution in [0.4, 0.5) is 0 Å². The first-order valence-corrected chi connectivity index (χ1v) is 9.26. The fourth-order valence-corrected chi connectivity index (χ4v) is 3.08. The molecule has 0 fully saturated rings. The summed E-state index contributed by atoms with van der Waals surface area (Å²) in [6.45, 7) is 5.12. The van der Waals surface area contributed by atoms with Crippen LogP contribution in [0.15, 0.2) is 71.9 Å². The van der Waals surface area contributed by atoms with E-state index in [2.05, 4.69) is 4.98 Å². The predicted molar refractivity (Wildman–Crippen MR) is 109 cm³/mol. The molecule has 0 unspecified atom stereocenters. The molecule has 2 aromatic carbocycles. The van der Waals surface area contributed by atoms with Gasteiger partial charge in [-0.05, 0) is 62.4 Å². The lowest BCUT2D eigenvalue weighted by Crippen LogP contribution is -2.19. The highest BCUT2D eigenvalue weighted by Crippen LogP contribution is 2.22. The Balaban J connectivity index is 1.70. The van der Waals surface area contributed by atoms with Crippen molar-refractivity contribution in [3.63, 3.8) is 0 Å². The monoisotopic (exact) mass is 375 g/mol. The predicted octanol–water partition coefficient (Wildman–Crippen LogP) is 3.95. The molecule has 0 bridgehead atoms. The molecule has 0 spiro atoms. The molecule has 0 saturated carbocycles. The van der Waals surface area contributed by atoms with Crippen molar-refractivity contribution in [1.82, 2.24) is 14.0 Å². The molecule has 0 N–H and O–H groups in total. The molecule has 2 aromatic heterocycles. The highest BCUT2D eigenvalue weighted by atomic mass is 16.5. The van der Waals surface area contributed by atoms with Gasteiger partial charge in [-0.2, -0.15) is 0 Å². The maximum absolute atomic E-state index is 13.0. The minimum Gasteiger partial charge on any atom is -0.494 e. The standard InChI is InChI=1S/C22H21N3O3/c1-3-27-18-9-5-16(6-10-18)20-15-24-13-14-25(22(26)21(24)23-20)17-7-11-19(12-8-17)28-4-2/h5-15H,3-4H2,1-2H3. The van der Waals surface area contributed by atoms with E-state index in [-0.39, 0.29) is 5.56 Å². The summed E-state index contributed by atoms with van der Waals surface area (Å²) < 4.78 is 14.3. The molecule has 0 amide bonds. The van der Waals surface area contributed by atoms with Crippen molar-refractivity contribution < 1.29 is 9.47 Å². The van der Waals surface area contributed by atoms with Gasteiger partial charge in [-0.15, -0.1) is 0 Å². The van der Waals surface area contributed by atoms with E-state index in [9.17, 15) is 4.79 Å². The minimum atomic E-state index is -0.177. The van der Waals surface area contributed by atoms with Crippen LogP contribution >= 0.6 is 0 Å². The molecule has 0 radical (unpaired) electrons. The lowest BCUT2D eigenvalue weighted by Gasteiger charge is -2.07. The van der Waals surface area contributed by atoms with Gasteiger partial charge in [0.05, 0.1) is 18.9 Å². The van der Waals surface area contributed by atoms with E-state index in [1.165, 1.54) is 0 Å². The van der Waals surface area contributed by atoms with Gasteiger partial charge in [-0.1, -0.05) is 0 Å². The van der Waals surface area contributed by atoms with E-state index >= 15 is 0 Å². The quantitative estimate of drug-likeness (QED) is 0.512. The van der Waals surface area contributed by atoms with Crippen LogP contribution in [0.1, 0.15) is 13.8 Å². The van der Waals surface area contributed by atoms with Gasteiger partial charge in [0, 0.05) is 29.8 Å². The van der Waals surface area contributed by atoms with Gasteiger partial charge >= 0.3 is 0 Å². The lowest BCUT2D eigenvalue weighted by molar-refractivity contribution is 0.340. The van der Waals surface area contributed by atoms with Gasteiger partial charge in [0.25, 0.3) is 5.56 Å². The van der Waals surface area contributed by atoms with Crippen LogP contribution in [-0.2, 0) is 0 Å². The topological polar surface area (TPSA) is 57.8 Å². The van der Waals surface area contributed by atoms with Crippen LogP contribution in [0.25, 0.3) is 22.6 Å². The zero-order valence-corrected chi connectivity index (χ0v) is 15.8. The number of imidazole rings is 1. The molecular weight excluding hydrogens is 354 g/mol. The second-order valence-corrected chi connectivity index (χ2v) is 6.21. The molecule has 0 atom stereocenters. The first-order chi connectivity index (χ1) is 13.7. The second-order valence-electron chi connectivity index (χ2n) is 6.21. The third kappa shape index (κ3) is 3.36. The number of hydrogen-bond donors (Lipinski definition) is 0. The molecule has 6 heteroatoms. The molecule has 6 nitrogen and oxygen atoms in total. The number of benzene rings is 2. The van der Waals surface area contributed by atoms with Crippen molar-refractivity contribution in [3.05, 3.63) is 77.5 Å². The van der Waals surface area contributed by atoms with Crippen molar-refractivity contribution in [2.75, 3.05) is 13.2 Å². The second kappa shape index (κ2) is 7.60. The SMILES string of the molecule is CCOc1ccc(-c2cn3ccn(-c4ccc(OCC)cc4)c(=O)c3n2)cc1. The Morgan fingerprint density at radius 3 is 2.07 bits per heavy atom. The van der Waals surface area contributed by atoms with Crippen LogP contribution in [0.5, 0.6) is 11.5 Å². The number of nitrogens with zero attached hydrogens (tertiary/aromatic N) is 3. The molecule has 142 valence electrons. The van der Waals surface area contributed by atoms with Gasteiger partial charge in [0.1, 0.15) is 11.5 Å². The fraction of sp³-hybridized carbons (Fsp3) is 0.182. The summed E-state index contributed by atoms with van der Waals surface area (Å²) in [6, 6.07) is 15.1. The molecule has 0 aliphatic rings. The van der Waals surface area contributed by atoms with E-state index in [0.29, 0.717) is 18.9 Å². The molecule has 0 aliphatic heterocycles. The Hall–Kier alpha value is -3.54. The van der Waals surface area contributed by atoms with Crippen molar-refractivity contribution in [2.45, 2.75) is 13.8 Å². The maximum Gasteiger partial charge on any atom is 0.298 e. The zero-order valence-electron chi connectivity index (χ0n) is 15.8. The van der Waals surface area contributed by atoms with Gasteiger partial charge < -0.3 is 13.9 Å². The summed E-state index contributed by atoms with van der Waals surface area (Å²) in [7, 11) is 0. The lowest BCUT2D eigenvalue weighted by atomic mass is 10.2. The summed E-state index contributed by atoms with van der Waals surface area (Å²) in [5, 5.41) is 0. The van der Waals surface area contributed by atoms with Crippen molar-refractivity contribution in [1.29, 1.82) is 0 Å². The molecule has 4 rings (SSSR count). The average Bonchev–Trinajstić information content (AvgIpc) is 3.16. The van der Waals surface area contributed by atoms with Crippen LogP contribution in [0.3, 0.4) is 0 Å². The fourth-order valence-electron chi connectivity index (χ4n) is 3.08. The van der Waals surface area contributed by atoms with Crippen LogP contribution in [-0.4, -0.2) is 27.2 Å². The van der Waals surface area contributed by atoms with E-state index in [1.807, 2.05) is 74.8 Å². The van der Waals surface area contributed by atoms with Crippen LogP contribution in [0.2, 0.25) is 0 Å². The first-order valence-electron chi connectivity index (χ1n) is 9.26. The van der Waals surface area contributed by atoms with Crippen LogP contribution < -0.4 is 15.0 Å². The van der Waals surface area contributed by atoms with Crippen molar-refractivity contribution in [3.8, 4) is 28.4 Å². The van der Waals surface area contributed by atoms with E-state index in [1.54, 1.807) is 15.2 Å². The zero-order chi connectivity index (χ0) is 19.5. The van der Waals surface area contributed by atoms with Gasteiger partial charge in [-0.3, -0.25) is 9.36 Å². The van der Waals surface area contributed by atoms with Gasteiger partial charge in [0.15, 0.2) is 0 Å². The summed E-state index contributed by atoms with van der Waals surface area (Å²) in [5.74, 6) is 1.59. The third-order valence-electron chi connectivity index (χ3n) is 4.41. The molecule has 4 aromatic rings. The largest absolute Gasteiger partial charge is 0.494 e. The Kier molecular flexibility index (Phi) is 4.85. The number of rotatable bonds is 6. The smallest absolute Gasteiger partial charge is 0.298 e. The van der Waals surface area contributed by atoms with Crippen molar-refractivity contribution >= 4 is 5.65 Å². The third-order valence-corrected chi connectivity index (χ3v) is 4.41. The first kappa shape index (κ1) is 17.9. The van der Waals surface area contributed by atoms with Crippen molar-refractivity contribution in [2.24, 2.45) is 0 Å². The molecule has 0 saturated heterocycles. The summed E-state index contributed by atoms with van der Waals surface area (Å²) in [4.78, 5) is 17.5. The number of aromatic nitrogens is 3. The number of ether oxygens (including phenoxy) is 2. The maximum atomic E-state index is 13.0. The number of hydrogen-bond acceptors (Lipinski definition) is 4. The Bertz CT molecular complexity index is 1140.